The monoisotopic (exact) mass is 224 g/mol. The molecule has 0 aromatic heterocycles. The molecule has 0 unspecified atom stereocenters. The number of Topliss-reactive ketones (excluding diaryl/α,β-unsaturated/α-hetero) is 1. The summed E-state index contributed by atoms with van der Waals surface area (Å²) in [5.74, 6) is 0.771. The lowest BCUT2D eigenvalue weighted by atomic mass is 10.1. The van der Waals surface area contributed by atoms with Crippen molar-refractivity contribution < 1.29 is 9.53 Å². The second-order valence-electron chi connectivity index (χ2n) is 3.34. The van der Waals surface area contributed by atoms with Gasteiger partial charge in [-0.25, -0.2) is 0 Å². The minimum absolute atomic E-state index is 0.0476. The van der Waals surface area contributed by atoms with E-state index in [0.29, 0.717) is 10.6 Å². The van der Waals surface area contributed by atoms with Crippen molar-refractivity contribution in [2.75, 3.05) is 6.61 Å². The third-order valence-corrected chi connectivity index (χ3v) is 2.07. The minimum Gasteiger partial charge on any atom is -0.488 e. The van der Waals surface area contributed by atoms with Crippen molar-refractivity contribution in [3.8, 4) is 5.75 Å². The van der Waals surface area contributed by atoms with E-state index in [1.165, 1.54) is 6.92 Å². The average Bonchev–Trinajstić information content (AvgIpc) is 2.15. The number of hydrogen-bond acceptors (Lipinski definition) is 2. The lowest BCUT2D eigenvalue weighted by Gasteiger charge is -2.08. The van der Waals surface area contributed by atoms with Gasteiger partial charge in [-0.2, -0.15) is 0 Å². The first-order chi connectivity index (χ1) is 7.00. The third-order valence-electron chi connectivity index (χ3n) is 1.97. The van der Waals surface area contributed by atoms with Gasteiger partial charge < -0.3 is 4.74 Å². The third kappa shape index (κ3) is 3.40. The quantitative estimate of drug-likeness (QED) is 0.734. The van der Waals surface area contributed by atoms with Crippen LogP contribution in [-0.4, -0.2) is 12.4 Å². The Morgan fingerprint density at radius 2 is 2.20 bits per heavy atom. The lowest BCUT2D eigenvalue weighted by Crippen LogP contribution is -2.00. The minimum atomic E-state index is 0.0476. The zero-order valence-corrected chi connectivity index (χ0v) is 9.60. The largest absolute Gasteiger partial charge is 0.488 e. The van der Waals surface area contributed by atoms with E-state index in [2.05, 4.69) is 6.58 Å². The highest BCUT2D eigenvalue weighted by molar-refractivity contribution is 6.29. The fraction of sp³-hybridized carbons (Fsp3) is 0.250. The summed E-state index contributed by atoms with van der Waals surface area (Å²) in [4.78, 5) is 11.1. The van der Waals surface area contributed by atoms with E-state index in [0.717, 1.165) is 11.3 Å². The summed E-state index contributed by atoms with van der Waals surface area (Å²) < 4.78 is 5.39. The molecule has 0 saturated carbocycles. The first-order valence-electron chi connectivity index (χ1n) is 4.58. The maximum atomic E-state index is 11.1. The van der Waals surface area contributed by atoms with Gasteiger partial charge >= 0.3 is 0 Å². The van der Waals surface area contributed by atoms with Crippen LogP contribution in [-0.2, 0) is 0 Å². The summed E-state index contributed by atoms with van der Waals surface area (Å²) in [6, 6.07) is 5.31. The molecule has 1 rings (SSSR count). The number of ketones is 1. The van der Waals surface area contributed by atoms with Gasteiger partial charge in [0, 0.05) is 10.6 Å². The molecule has 1 aromatic carbocycles. The van der Waals surface area contributed by atoms with Crippen molar-refractivity contribution in [3.05, 3.63) is 40.9 Å². The van der Waals surface area contributed by atoms with Gasteiger partial charge in [-0.15, -0.1) is 0 Å². The molecule has 0 amide bonds. The summed E-state index contributed by atoms with van der Waals surface area (Å²) in [6.07, 6.45) is 0. The number of rotatable bonds is 4. The fourth-order valence-corrected chi connectivity index (χ4v) is 1.24. The van der Waals surface area contributed by atoms with Crippen LogP contribution in [0.4, 0.5) is 0 Å². The smallest absolute Gasteiger partial charge is 0.159 e. The Morgan fingerprint density at radius 1 is 1.53 bits per heavy atom. The van der Waals surface area contributed by atoms with Crippen LogP contribution in [0.25, 0.3) is 0 Å². The number of halogens is 1. The van der Waals surface area contributed by atoms with E-state index in [-0.39, 0.29) is 12.4 Å². The van der Waals surface area contributed by atoms with Gasteiger partial charge in [-0.05, 0) is 37.6 Å². The first-order valence-corrected chi connectivity index (χ1v) is 4.96. The molecule has 0 spiro atoms. The number of benzene rings is 1. The van der Waals surface area contributed by atoms with Crippen molar-refractivity contribution in [1.29, 1.82) is 0 Å². The predicted molar refractivity (Wildman–Crippen MR) is 61.7 cm³/mol. The first kappa shape index (κ1) is 11.8. The van der Waals surface area contributed by atoms with Crippen LogP contribution in [0.5, 0.6) is 5.75 Å². The Hall–Kier alpha value is -1.28. The fourth-order valence-electron chi connectivity index (χ4n) is 1.19. The summed E-state index contributed by atoms with van der Waals surface area (Å²) in [5.41, 5.74) is 1.60. The van der Waals surface area contributed by atoms with Crippen molar-refractivity contribution in [2.45, 2.75) is 13.8 Å². The van der Waals surface area contributed by atoms with E-state index < -0.39 is 0 Å². The van der Waals surface area contributed by atoms with Crippen molar-refractivity contribution in [2.24, 2.45) is 0 Å². The molecular formula is C12H13ClO2. The van der Waals surface area contributed by atoms with E-state index in [4.69, 9.17) is 16.3 Å². The average molecular weight is 225 g/mol. The topological polar surface area (TPSA) is 26.3 Å². The molecular weight excluding hydrogens is 212 g/mol. The van der Waals surface area contributed by atoms with Gasteiger partial charge in [0.25, 0.3) is 0 Å². The van der Waals surface area contributed by atoms with Crippen LogP contribution >= 0.6 is 11.6 Å². The number of aryl methyl sites for hydroxylation is 1. The van der Waals surface area contributed by atoms with Gasteiger partial charge in [-0.3, -0.25) is 4.79 Å². The zero-order chi connectivity index (χ0) is 11.4. The number of carbonyl (C=O) groups is 1. The Balaban J connectivity index is 2.83. The van der Waals surface area contributed by atoms with E-state index in [9.17, 15) is 4.79 Å². The van der Waals surface area contributed by atoms with Crippen LogP contribution in [0.1, 0.15) is 22.8 Å². The van der Waals surface area contributed by atoms with Crippen LogP contribution < -0.4 is 4.74 Å². The van der Waals surface area contributed by atoms with E-state index in [1.54, 1.807) is 18.2 Å². The lowest BCUT2D eigenvalue weighted by molar-refractivity contribution is 0.101. The van der Waals surface area contributed by atoms with Crippen LogP contribution in [0.2, 0.25) is 0 Å². The van der Waals surface area contributed by atoms with Gasteiger partial charge in [-0.1, -0.05) is 18.2 Å². The standard InChI is InChI=1S/C12H13ClO2/c1-8-6-11(10(3)14)4-5-12(8)15-7-9(2)13/h4-6H,2,7H2,1,3H3. The molecule has 0 aliphatic heterocycles. The van der Waals surface area contributed by atoms with Crippen LogP contribution in [0.15, 0.2) is 29.8 Å². The Kier molecular flexibility index (Phi) is 3.92. The molecule has 0 N–H and O–H groups in total. The van der Waals surface area contributed by atoms with Crippen LogP contribution in [0, 0.1) is 6.92 Å². The molecule has 0 radical (unpaired) electrons. The molecule has 80 valence electrons. The molecule has 0 aliphatic rings. The number of hydrogen-bond donors (Lipinski definition) is 0. The van der Waals surface area contributed by atoms with Crippen LogP contribution in [0.3, 0.4) is 0 Å². The highest BCUT2D eigenvalue weighted by atomic mass is 35.5. The maximum Gasteiger partial charge on any atom is 0.159 e. The maximum absolute atomic E-state index is 11.1. The molecule has 0 saturated heterocycles. The molecule has 1 aromatic rings. The predicted octanol–water partition coefficient (Wildman–Crippen LogP) is 3.33. The zero-order valence-electron chi connectivity index (χ0n) is 8.84. The second kappa shape index (κ2) is 4.99. The van der Waals surface area contributed by atoms with Gasteiger partial charge in [0.15, 0.2) is 5.78 Å². The highest BCUT2D eigenvalue weighted by Gasteiger charge is 2.04. The summed E-state index contributed by atoms with van der Waals surface area (Å²) in [5, 5.41) is 0.449. The molecule has 15 heavy (non-hydrogen) atoms. The van der Waals surface area contributed by atoms with E-state index in [1.807, 2.05) is 6.92 Å². The number of carbonyl (C=O) groups excluding carboxylic acids is 1. The van der Waals surface area contributed by atoms with Gasteiger partial charge in [0.2, 0.25) is 0 Å². The Morgan fingerprint density at radius 3 is 2.67 bits per heavy atom. The molecule has 0 fully saturated rings. The Bertz CT molecular complexity index is 397. The molecule has 0 bridgehead atoms. The molecule has 0 atom stereocenters. The van der Waals surface area contributed by atoms with E-state index >= 15 is 0 Å². The van der Waals surface area contributed by atoms with Crippen molar-refractivity contribution in [1.82, 2.24) is 0 Å². The molecule has 0 heterocycles. The number of ether oxygens (including phenoxy) is 1. The SMILES string of the molecule is C=C(Cl)COc1ccc(C(C)=O)cc1C. The van der Waals surface area contributed by atoms with Gasteiger partial charge in [0.1, 0.15) is 12.4 Å². The van der Waals surface area contributed by atoms with Gasteiger partial charge in [0.05, 0.1) is 0 Å². The summed E-state index contributed by atoms with van der Waals surface area (Å²) in [6.45, 7) is 7.24. The second-order valence-corrected chi connectivity index (χ2v) is 3.88. The van der Waals surface area contributed by atoms with Crippen molar-refractivity contribution >= 4 is 17.4 Å². The van der Waals surface area contributed by atoms with Crippen molar-refractivity contribution in [3.63, 3.8) is 0 Å². The summed E-state index contributed by atoms with van der Waals surface area (Å²) >= 11 is 5.59. The summed E-state index contributed by atoms with van der Waals surface area (Å²) in [7, 11) is 0. The molecule has 3 heteroatoms. The Labute approximate surface area is 94.5 Å². The molecule has 2 nitrogen and oxygen atoms in total. The highest BCUT2D eigenvalue weighted by Crippen LogP contribution is 2.20. The molecule has 0 aliphatic carbocycles. The normalized spacial score (nSPS) is 9.80.